The van der Waals surface area contributed by atoms with Crippen molar-refractivity contribution in [3.05, 3.63) is 281 Å². The van der Waals surface area contributed by atoms with Gasteiger partial charge in [0.15, 0.2) is 0 Å². The van der Waals surface area contributed by atoms with Crippen LogP contribution >= 0.6 is 0 Å². The smallest absolute Gasteiger partial charge is 0.0738 e. The highest BCUT2D eigenvalue weighted by atomic mass is 15.1. The van der Waals surface area contributed by atoms with Gasteiger partial charge in [-0.25, -0.2) is 0 Å². The van der Waals surface area contributed by atoms with Crippen LogP contribution in [0.4, 0.5) is 17.1 Å². The fraction of sp³-hybridized carbons (Fsp3) is 0.0323. The molecule has 1 spiro atoms. The van der Waals surface area contributed by atoms with E-state index in [1.165, 1.54) is 100 Å². The summed E-state index contributed by atoms with van der Waals surface area (Å²) in [4.78, 5) is 2.54. The quantitative estimate of drug-likeness (QED) is 0.162. The lowest BCUT2D eigenvalue weighted by Crippen LogP contribution is -2.28. The monoisotopic (exact) mass is 797 g/mol. The predicted octanol–water partition coefficient (Wildman–Crippen LogP) is 15.5. The Balaban J connectivity index is 1.07. The van der Waals surface area contributed by atoms with E-state index < -0.39 is 5.41 Å². The van der Waals surface area contributed by atoms with Crippen LogP contribution in [0.1, 0.15) is 44.5 Å². The molecule has 10 aromatic rings. The summed E-state index contributed by atoms with van der Waals surface area (Å²) in [5.41, 5.74) is 26.2. The molecule has 63 heavy (non-hydrogen) atoms. The third kappa shape index (κ3) is 4.36. The number of fused-ring (bicyclic) bond motifs is 8. The highest BCUT2D eigenvalue weighted by molar-refractivity contribution is 6.07. The van der Waals surface area contributed by atoms with E-state index in [0.717, 1.165) is 17.1 Å². The van der Waals surface area contributed by atoms with Gasteiger partial charge in [-0.15, -0.1) is 0 Å². The van der Waals surface area contributed by atoms with Crippen LogP contribution in [0.5, 0.6) is 0 Å². The van der Waals surface area contributed by atoms with E-state index in [-0.39, 0.29) is 5.41 Å². The first-order valence-electron chi connectivity index (χ1n) is 22.1. The number of hydrogen-bond donors (Lipinski definition) is 0. The minimum absolute atomic E-state index is 0.389. The molecule has 0 aliphatic heterocycles. The molecule has 0 aromatic heterocycles. The fourth-order valence-electron chi connectivity index (χ4n) is 12.4. The van der Waals surface area contributed by atoms with E-state index in [1.807, 2.05) is 0 Å². The largest absolute Gasteiger partial charge is 0.310 e. The molecule has 10 aromatic carbocycles. The molecule has 0 fully saturated rings. The average molecular weight is 798 g/mol. The van der Waals surface area contributed by atoms with Crippen LogP contribution in [-0.2, 0) is 10.8 Å². The average Bonchev–Trinajstić information content (AvgIpc) is 4.04. The minimum Gasteiger partial charge on any atom is -0.310 e. The molecule has 0 N–H and O–H groups in total. The molecular weight excluding hydrogens is 759 g/mol. The van der Waals surface area contributed by atoms with Crippen molar-refractivity contribution in [1.82, 2.24) is 0 Å². The molecule has 1 nitrogen and oxygen atoms in total. The molecular formula is C62H39N. The Bertz CT molecular complexity index is 3380. The van der Waals surface area contributed by atoms with Crippen molar-refractivity contribution in [3.63, 3.8) is 0 Å². The van der Waals surface area contributed by atoms with Crippen LogP contribution in [0, 0.1) is 0 Å². The molecule has 4 aliphatic rings. The molecule has 1 unspecified atom stereocenters. The van der Waals surface area contributed by atoms with Crippen molar-refractivity contribution in [1.29, 1.82) is 0 Å². The Morgan fingerprint density at radius 2 is 0.635 bits per heavy atom. The lowest BCUT2D eigenvalue weighted by Gasteiger charge is -2.35. The number of nitrogens with zero attached hydrogens (tertiary/aromatic N) is 1. The second-order valence-corrected chi connectivity index (χ2v) is 17.5. The van der Waals surface area contributed by atoms with Crippen LogP contribution in [0.2, 0.25) is 0 Å². The standard InChI is InChI=1S/C62H39N/c1-4-18-40(19-5-1)45-24-12-15-33-58(45)63(43-34-36-48-46-25-10-13-31-54(46)61(56(48)38-43,41-20-6-2-7-21-41)42-22-8-3-9-23-42)44-35-37-49-51-28-17-30-53-52-29-16-27-50-47-26-11-14-32-55(47)62(59(50)52,60(51)53)57(49)39-44/h1-39H. The first kappa shape index (κ1) is 34.7. The number of benzene rings is 10. The zero-order chi connectivity index (χ0) is 41.3. The van der Waals surface area contributed by atoms with Crippen molar-refractivity contribution in [3.8, 4) is 55.6 Å². The maximum absolute atomic E-state index is 2.54. The summed E-state index contributed by atoms with van der Waals surface area (Å²) in [6, 6.07) is 88.7. The van der Waals surface area contributed by atoms with Crippen LogP contribution < -0.4 is 4.90 Å². The van der Waals surface area contributed by atoms with E-state index in [0.29, 0.717) is 0 Å². The zero-order valence-corrected chi connectivity index (χ0v) is 34.5. The van der Waals surface area contributed by atoms with Gasteiger partial charge in [0, 0.05) is 16.9 Å². The molecule has 0 saturated heterocycles. The second-order valence-electron chi connectivity index (χ2n) is 17.5. The lowest BCUT2D eigenvalue weighted by atomic mass is 9.67. The minimum atomic E-state index is -0.526. The molecule has 4 aliphatic carbocycles. The molecule has 0 radical (unpaired) electrons. The van der Waals surface area contributed by atoms with Crippen LogP contribution in [0.3, 0.4) is 0 Å². The molecule has 0 heterocycles. The first-order valence-corrected chi connectivity index (χ1v) is 22.1. The van der Waals surface area contributed by atoms with Crippen LogP contribution in [0.25, 0.3) is 55.6 Å². The number of hydrogen-bond acceptors (Lipinski definition) is 1. The van der Waals surface area contributed by atoms with Gasteiger partial charge in [0.05, 0.1) is 16.5 Å². The molecule has 0 bridgehead atoms. The van der Waals surface area contributed by atoms with Gasteiger partial charge in [-0.3, -0.25) is 0 Å². The van der Waals surface area contributed by atoms with Crippen molar-refractivity contribution in [2.45, 2.75) is 10.8 Å². The second kappa shape index (κ2) is 12.8. The van der Waals surface area contributed by atoms with E-state index >= 15 is 0 Å². The van der Waals surface area contributed by atoms with Gasteiger partial charge >= 0.3 is 0 Å². The van der Waals surface area contributed by atoms with Gasteiger partial charge in [0.2, 0.25) is 0 Å². The number of rotatable bonds is 6. The lowest BCUT2D eigenvalue weighted by molar-refractivity contribution is 0.768. The molecule has 0 saturated carbocycles. The van der Waals surface area contributed by atoms with E-state index in [4.69, 9.17) is 0 Å². The van der Waals surface area contributed by atoms with Gasteiger partial charge in [0.1, 0.15) is 0 Å². The Morgan fingerprint density at radius 3 is 1.21 bits per heavy atom. The molecule has 0 amide bonds. The Kier molecular flexibility index (Phi) is 7.03. The third-order valence-electron chi connectivity index (χ3n) is 14.7. The summed E-state index contributed by atoms with van der Waals surface area (Å²) in [5.74, 6) is 0. The van der Waals surface area contributed by atoms with Crippen LogP contribution in [0.15, 0.2) is 237 Å². The SMILES string of the molecule is c1ccc(-c2ccccc2N(c2ccc3c(c2)C(c2ccccc2)(c2ccccc2)c2ccccc2-3)c2ccc3c(c2)C24c5ccccc5-c5cccc(c52)-c2cccc-3c24)cc1. The molecule has 292 valence electrons. The summed E-state index contributed by atoms with van der Waals surface area (Å²) in [5, 5.41) is 0. The van der Waals surface area contributed by atoms with Gasteiger partial charge < -0.3 is 4.90 Å². The van der Waals surface area contributed by atoms with Crippen molar-refractivity contribution in [2.75, 3.05) is 4.90 Å². The third-order valence-corrected chi connectivity index (χ3v) is 14.7. The van der Waals surface area contributed by atoms with Gasteiger partial charge in [-0.05, 0) is 125 Å². The topological polar surface area (TPSA) is 3.24 Å². The Hall–Kier alpha value is -8.00. The van der Waals surface area contributed by atoms with Gasteiger partial charge in [-0.2, -0.15) is 0 Å². The van der Waals surface area contributed by atoms with Crippen molar-refractivity contribution < 1.29 is 0 Å². The van der Waals surface area contributed by atoms with Crippen LogP contribution in [-0.4, -0.2) is 0 Å². The Labute approximate surface area is 367 Å². The van der Waals surface area contributed by atoms with E-state index in [1.54, 1.807) is 0 Å². The maximum Gasteiger partial charge on any atom is 0.0738 e. The predicted molar refractivity (Wildman–Crippen MR) is 259 cm³/mol. The van der Waals surface area contributed by atoms with Gasteiger partial charge in [-0.1, -0.05) is 206 Å². The van der Waals surface area contributed by atoms with E-state index in [9.17, 15) is 0 Å². The molecule has 1 atom stereocenters. The molecule has 14 rings (SSSR count). The zero-order valence-electron chi connectivity index (χ0n) is 34.5. The summed E-state index contributed by atoms with van der Waals surface area (Å²) in [7, 11) is 0. The normalized spacial score (nSPS) is 15.8. The van der Waals surface area contributed by atoms with E-state index in [2.05, 4.69) is 241 Å². The van der Waals surface area contributed by atoms with Gasteiger partial charge in [0.25, 0.3) is 0 Å². The summed E-state index contributed by atoms with van der Waals surface area (Å²) < 4.78 is 0. The highest BCUT2D eigenvalue weighted by Crippen LogP contribution is 2.70. The van der Waals surface area contributed by atoms with Crippen molar-refractivity contribution in [2.24, 2.45) is 0 Å². The van der Waals surface area contributed by atoms with Crippen molar-refractivity contribution >= 4 is 17.1 Å². The highest BCUT2D eigenvalue weighted by Gasteiger charge is 2.57. The Morgan fingerprint density at radius 1 is 0.254 bits per heavy atom. The summed E-state index contributed by atoms with van der Waals surface area (Å²) in [6.07, 6.45) is 0. The fourth-order valence-corrected chi connectivity index (χ4v) is 12.4. The first-order chi connectivity index (χ1) is 31.3. The summed E-state index contributed by atoms with van der Waals surface area (Å²) >= 11 is 0. The maximum atomic E-state index is 2.54. The summed E-state index contributed by atoms with van der Waals surface area (Å²) in [6.45, 7) is 0. The number of para-hydroxylation sites is 1. The molecule has 1 heteroatoms. The number of anilines is 3.